The van der Waals surface area contributed by atoms with Crippen LogP contribution in [0.4, 0.5) is 0 Å². The summed E-state index contributed by atoms with van der Waals surface area (Å²) in [5.74, 6) is -1.21. The SMILES string of the molecule is O=C(c1ccccc1)C(O)CS(=O)(=O)c1ccccc1. The molecule has 0 amide bonds. The summed E-state index contributed by atoms with van der Waals surface area (Å²) in [7, 11) is -3.68. The first kappa shape index (κ1) is 14.4. The zero-order chi connectivity index (χ0) is 14.6. The highest BCUT2D eigenvalue weighted by molar-refractivity contribution is 7.91. The third-order valence-corrected chi connectivity index (χ3v) is 4.59. The van der Waals surface area contributed by atoms with E-state index in [0.717, 1.165) is 0 Å². The van der Waals surface area contributed by atoms with Crippen molar-refractivity contribution in [3.63, 3.8) is 0 Å². The first-order valence-electron chi connectivity index (χ1n) is 6.06. The molecule has 5 heteroatoms. The van der Waals surface area contributed by atoms with Crippen LogP contribution < -0.4 is 0 Å². The minimum atomic E-state index is -3.68. The van der Waals surface area contributed by atoms with Crippen LogP contribution in [0.3, 0.4) is 0 Å². The number of ketones is 1. The van der Waals surface area contributed by atoms with Crippen molar-refractivity contribution >= 4 is 15.6 Å². The van der Waals surface area contributed by atoms with Crippen LogP contribution in [0, 0.1) is 0 Å². The quantitative estimate of drug-likeness (QED) is 0.851. The van der Waals surface area contributed by atoms with E-state index in [9.17, 15) is 18.3 Å². The molecule has 2 rings (SSSR count). The summed E-state index contributed by atoms with van der Waals surface area (Å²) in [4.78, 5) is 12.0. The number of rotatable bonds is 5. The van der Waals surface area contributed by atoms with Crippen LogP contribution in [0.25, 0.3) is 0 Å². The first-order chi connectivity index (χ1) is 9.50. The van der Waals surface area contributed by atoms with Gasteiger partial charge < -0.3 is 5.11 Å². The monoisotopic (exact) mass is 290 g/mol. The lowest BCUT2D eigenvalue weighted by Crippen LogP contribution is -2.29. The Labute approximate surface area is 117 Å². The van der Waals surface area contributed by atoms with Gasteiger partial charge in [0.25, 0.3) is 0 Å². The maximum Gasteiger partial charge on any atom is 0.192 e. The molecule has 1 unspecified atom stereocenters. The van der Waals surface area contributed by atoms with Crippen LogP contribution in [0.5, 0.6) is 0 Å². The number of benzene rings is 2. The molecule has 0 aliphatic heterocycles. The van der Waals surface area contributed by atoms with Crippen LogP contribution in [0.1, 0.15) is 10.4 Å². The number of sulfone groups is 1. The van der Waals surface area contributed by atoms with Crippen LogP contribution >= 0.6 is 0 Å². The van der Waals surface area contributed by atoms with Crippen molar-refractivity contribution in [3.8, 4) is 0 Å². The molecule has 0 heterocycles. The van der Waals surface area contributed by atoms with Gasteiger partial charge in [0.05, 0.1) is 10.6 Å². The molecule has 0 spiro atoms. The van der Waals surface area contributed by atoms with Crippen molar-refractivity contribution in [2.75, 3.05) is 5.75 Å². The predicted molar refractivity (Wildman–Crippen MR) is 75.3 cm³/mol. The average Bonchev–Trinajstić information content (AvgIpc) is 2.48. The number of hydrogen-bond acceptors (Lipinski definition) is 4. The second-order valence-electron chi connectivity index (χ2n) is 4.34. The van der Waals surface area contributed by atoms with E-state index in [-0.39, 0.29) is 4.90 Å². The molecular weight excluding hydrogens is 276 g/mol. The van der Waals surface area contributed by atoms with E-state index in [1.54, 1.807) is 48.5 Å². The van der Waals surface area contributed by atoms with E-state index >= 15 is 0 Å². The molecule has 0 aliphatic rings. The Balaban J connectivity index is 2.16. The van der Waals surface area contributed by atoms with E-state index in [2.05, 4.69) is 0 Å². The summed E-state index contributed by atoms with van der Waals surface area (Å²) in [5.41, 5.74) is 0.295. The van der Waals surface area contributed by atoms with Crippen molar-refractivity contribution < 1.29 is 18.3 Å². The van der Waals surface area contributed by atoms with Gasteiger partial charge in [-0.3, -0.25) is 4.79 Å². The Hall–Kier alpha value is -1.98. The molecule has 0 fully saturated rings. The average molecular weight is 290 g/mol. The fourth-order valence-electron chi connectivity index (χ4n) is 1.80. The van der Waals surface area contributed by atoms with E-state index in [1.165, 1.54) is 12.1 Å². The largest absolute Gasteiger partial charge is 0.384 e. The molecule has 0 aromatic heterocycles. The van der Waals surface area contributed by atoms with Crippen molar-refractivity contribution in [3.05, 3.63) is 66.2 Å². The normalized spacial score (nSPS) is 12.8. The second-order valence-corrected chi connectivity index (χ2v) is 6.37. The summed E-state index contributed by atoms with van der Waals surface area (Å²) in [5, 5.41) is 9.84. The molecule has 1 N–H and O–H groups in total. The number of hydrogen-bond donors (Lipinski definition) is 1. The third-order valence-electron chi connectivity index (χ3n) is 2.84. The highest BCUT2D eigenvalue weighted by Gasteiger charge is 2.25. The summed E-state index contributed by atoms with van der Waals surface area (Å²) in [6, 6.07) is 15.9. The molecule has 1 atom stereocenters. The van der Waals surface area contributed by atoms with Crippen LogP contribution in [-0.2, 0) is 9.84 Å². The predicted octanol–water partition coefficient (Wildman–Crippen LogP) is 1.70. The molecular formula is C15H14O4S. The maximum absolute atomic E-state index is 12.1. The minimum Gasteiger partial charge on any atom is -0.384 e. The maximum atomic E-state index is 12.1. The second kappa shape index (κ2) is 5.98. The van der Waals surface area contributed by atoms with Crippen molar-refractivity contribution in [1.29, 1.82) is 0 Å². The Morgan fingerprint density at radius 2 is 1.45 bits per heavy atom. The third kappa shape index (κ3) is 3.31. The van der Waals surface area contributed by atoms with E-state index < -0.39 is 27.5 Å². The zero-order valence-electron chi connectivity index (χ0n) is 10.6. The fourth-order valence-corrected chi connectivity index (χ4v) is 3.13. The lowest BCUT2D eigenvalue weighted by Gasteiger charge is -2.10. The molecule has 0 bridgehead atoms. The van der Waals surface area contributed by atoms with Gasteiger partial charge in [0.2, 0.25) is 0 Å². The van der Waals surface area contributed by atoms with Crippen LogP contribution in [0.15, 0.2) is 65.6 Å². The van der Waals surface area contributed by atoms with Crippen LogP contribution in [0.2, 0.25) is 0 Å². The van der Waals surface area contributed by atoms with E-state index in [1.807, 2.05) is 0 Å². The Bertz CT molecular complexity index is 678. The highest BCUT2D eigenvalue weighted by Crippen LogP contribution is 2.13. The zero-order valence-corrected chi connectivity index (χ0v) is 11.5. The minimum absolute atomic E-state index is 0.0971. The number of carbonyl (C=O) groups excluding carboxylic acids is 1. The van der Waals surface area contributed by atoms with Crippen LogP contribution in [-0.4, -0.2) is 31.2 Å². The summed E-state index contributed by atoms with van der Waals surface area (Å²) in [6.45, 7) is 0. The van der Waals surface area contributed by atoms with E-state index in [4.69, 9.17) is 0 Å². The van der Waals surface area contributed by atoms with Gasteiger partial charge in [-0.05, 0) is 12.1 Å². The van der Waals surface area contributed by atoms with Gasteiger partial charge >= 0.3 is 0 Å². The summed E-state index contributed by atoms with van der Waals surface area (Å²) < 4.78 is 24.1. The first-order valence-corrected chi connectivity index (χ1v) is 7.71. The summed E-state index contributed by atoms with van der Waals surface area (Å²) in [6.07, 6.45) is -1.57. The van der Waals surface area contributed by atoms with Gasteiger partial charge in [0.1, 0.15) is 6.10 Å². The Morgan fingerprint density at radius 3 is 2.00 bits per heavy atom. The van der Waals surface area contributed by atoms with Gasteiger partial charge in [-0.1, -0.05) is 48.5 Å². The topological polar surface area (TPSA) is 71.4 Å². The van der Waals surface area contributed by atoms with Gasteiger partial charge in [-0.15, -0.1) is 0 Å². The lowest BCUT2D eigenvalue weighted by atomic mass is 10.1. The number of carbonyl (C=O) groups is 1. The van der Waals surface area contributed by atoms with Crippen molar-refractivity contribution in [2.45, 2.75) is 11.0 Å². The molecule has 0 saturated heterocycles. The highest BCUT2D eigenvalue weighted by atomic mass is 32.2. The van der Waals surface area contributed by atoms with Gasteiger partial charge in [0.15, 0.2) is 15.6 Å². The van der Waals surface area contributed by atoms with Gasteiger partial charge in [-0.2, -0.15) is 0 Å². The molecule has 0 aliphatic carbocycles. The van der Waals surface area contributed by atoms with E-state index in [0.29, 0.717) is 5.56 Å². The van der Waals surface area contributed by atoms with Gasteiger partial charge in [0, 0.05) is 5.56 Å². The molecule has 2 aromatic carbocycles. The fraction of sp³-hybridized carbons (Fsp3) is 0.133. The van der Waals surface area contributed by atoms with Gasteiger partial charge in [-0.25, -0.2) is 8.42 Å². The standard InChI is InChI=1S/C15H14O4S/c16-14(15(17)12-7-3-1-4-8-12)11-20(18,19)13-9-5-2-6-10-13/h1-10,14,16H,11H2. The number of aliphatic hydroxyl groups is 1. The summed E-state index contributed by atoms with van der Waals surface area (Å²) >= 11 is 0. The molecule has 104 valence electrons. The molecule has 20 heavy (non-hydrogen) atoms. The van der Waals surface area contributed by atoms with Crippen molar-refractivity contribution in [2.24, 2.45) is 0 Å². The Kier molecular flexibility index (Phi) is 4.32. The molecule has 2 aromatic rings. The molecule has 0 saturated carbocycles. The number of aliphatic hydroxyl groups excluding tert-OH is 1. The smallest absolute Gasteiger partial charge is 0.192 e. The molecule has 4 nitrogen and oxygen atoms in total. The number of Topliss-reactive ketones (excluding diaryl/α,β-unsaturated/α-hetero) is 1. The Morgan fingerprint density at radius 1 is 0.950 bits per heavy atom. The molecule has 0 radical (unpaired) electrons. The lowest BCUT2D eigenvalue weighted by molar-refractivity contribution is 0.0784. The van der Waals surface area contributed by atoms with Crippen molar-refractivity contribution in [1.82, 2.24) is 0 Å².